The molecule has 2 atom stereocenters. The lowest BCUT2D eigenvalue weighted by molar-refractivity contribution is 0.181. The van der Waals surface area contributed by atoms with Gasteiger partial charge in [-0.25, -0.2) is 0 Å². The van der Waals surface area contributed by atoms with Crippen LogP contribution in [0.5, 0.6) is 17.2 Å². The first-order valence-electron chi connectivity index (χ1n) is 8.45. The number of hydrogen-bond acceptors (Lipinski definition) is 4. The Morgan fingerprint density at radius 2 is 1.58 bits per heavy atom. The van der Waals surface area contributed by atoms with Crippen LogP contribution < -0.4 is 19.1 Å². The summed E-state index contributed by atoms with van der Waals surface area (Å²) in [7, 11) is 0. The van der Waals surface area contributed by atoms with E-state index in [1.807, 2.05) is 49.4 Å². The smallest absolute Gasteiger partial charge is 0.170 e. The van der Waals surface area contributed by atoms with Gasteiger partial charge in [0, 0.05) is 11.3 Å². The summed E-state index contributed by atoms with van der Waals surface area (Å²) in [6.07, 6.45) is 10.4. The van der Waals surface area contributed by atoms with Crippen molar-refractivity contribution >= 4 is 5.69 Å². The Morgan fingerprint density at radius 1 is 0.962 bits per heavy atom. The van der Waals surface area contributed by atoms with Gasteiger partial charge in [-0.1, -0.05) is 11.8 Å². The molecule has 2 aromatic rings. The molecule has 132 valence electrons. The van der Waals surface area contributed by atoms with Gasteiger partial charge in [-0.15, -0.1) is 12.8 Å². The first-order valence-corrected chi connectivity index (χ1v) is 8.45. The molecule has 0 saturated heterocycles. The lowest BCUT2D eigenvalue weighted by atomic mass is 10.0. The van der Waals surface area contributed by atoms with Crippen LogP contribution in [0.1, 0.15) is 25.5 Å². The van der Waals surface area contributed by atoms with E-state index in [0.29, 0.717) is 0 Å². The summed E-state index contributed by atoms with van der Waals surface area (Å²) in [4.78, 5) is 2.21. The predicted molar refractivity (Wildman–Crippen MR) is 103 cm³/mol. The van der Waals surface area contributed by atoms with Crippen LogP contribution in [0.2, 0.25) is 0 Å². The summed E-state index contributed by atoms with van der Waals surface area (Å²) in [6.45, 7) is 4.68. The number of anilines is 1. The number of nitrogens with zero attached hydrogens (tertiary/aromatic N) is 1. The van der Waals surface area contributed by atoms with Crippen LogP contribution in [-0.4, -0.2) is 19.4 Å². The molecule has 0 aromatic heterocycles. The van der Waals surface area contributed by atoms with Gasteiger partial charge in [-0.05, 0) is 56.3 Å². The second kappa shape index (κ2) is 7.76. The summed E-state index contributed by atoms with van der Waals surface area (Å²) < 4.78 is 17.1. The van der Waals surface area contributed by atoms with E-state index >= 15 is 0 Å². The third-order valence-corrected chi connectivity index (χ3v) is 4.32. The molecule has 0 amide bonds. The van der Waals surface area contributed by atoms with E-state index in [1.165, 1.54) is 0 Å². The van der Waals surface area contributed by atoms with Gasteiger partial charge < -0.3 is 19.1 Å². The van der Waals surface area contributed by atoms with Gasteiger partial charge in [-0.2, -0.15) is 0 Å². The van der Waals surface area contributed by atoms with Gasteiger partial charge >= 0.3 is 0 Å². The number of terminal acetylenes is 2. The molecule has 0 N–H and O–H groups in total. The summed E-state index contributed by atoms with van der Waals surface area (Å²) in [5.41, 5.74) is 2.10. The van der Waals surface area contributed by atoms with Crippen molar-refractivity contribution < 1.29 is 14.2 Å². The molecule has 0 radical (unpaired) electrons. The highest BCUT2D eigenvalue weighted by Crippen LogP contribution is 2.41. The Labute approximate surface area is 154 Å². The molecule has 0 aliphatic carbocycles. The number of hydrogen-bond donors (Lipinski definition) is 0. The topological polar surface area (TPSA) is 30.9 Å². The number of fused-ring (bicyclic) bond motifs is 1. The molecule has 26 heavy (non-hydrogen) atoms. The molecule has 0 bridgehead atoms. The van der Waals surface area contributed by atoms with Crippen molar-refractivity contribution in [2.75, 3.05) is 18.1 Å². The maximum atomic E-state index is 6.10. The molecular formula is C22H21NO3. The van der Waals surface area contributed by atoms with Gasteiger partial charge in [0.1, 0.15) is 30.5 Å². The van der Waals surface area contributed by atoms with Crippen LogP contribution in [0.15, 0.2) is 42.5 Å². The highest BCUT2D eigenvalue weighted by molar-refractivity contribution is 5.56. The molecule has 1 heterocycles. The van der Waals surface area contributed by atoms with Crippen molar-refractivity contribution in [3.05, 3.63) is 48.0 Å². The lowest BCUT2D eigenvalue weighted by Gasteiger charge is -2.41. The molecular weight excluding hydrogens is 326 g/mol. The molecule has 2 unspecified atom stereocenters. The van der Waals surface area contributed by atoms with Crippen molar-refractivity contribution in [3.63, 3.8) is 0 Å². The summed E-state index contributed by atoms with van der Waals surface area (Å²) in [5.74, 6) is 7.29. The minimum absolute atomic E-state index is 0.104. The second-order valence-electron chi connectivity index (χ2n) is 5.98. The average molecular weight is 347 g/mol. The SMILES string of the molecule is C#CCOc1ccc(N2C(C)Oc3ccc(OCC#C)cc3C2C)cc1. The fraction of sp³-hybridized carbons (Fsp3) is 0.273. The highest BCUT2D eigenvalue weighted by Gasteiger charge is 2.31. The van der Waals surface area contributed by atoms with Crippen LogP contribution in [0.25, 0.3) is 0 Å². The predicted octanol–water partition coefficient (Wildman–Crippen LogP) is 4.02. The third kappa shape index (κ3) is 3.55. The van der Waals surface area contributed by atoms with Crippen LogP contribution in [-0.2, 0) is 0 Å². The van der Waals surface area contributed by atoms with Crippen molar-refractivity contribution in [1.82, 2.24) is 0 Å². The van der Waals surface area contributed by atoms with E-state index in [9.17, 15) is 0 Å². The number of ether oxygens (including phenoxy) is 3. The zero-order chi connectivity index (χ0) is 18.5. The van der Waals surface area contributed by atoms with E-state index in [-0.39, 0.29) is 25.5 Å². The normalized spacial score (nSPS) is 18.1. The number of rotatable bonds is 5. The summed E-state index contributed by atoms with van der Waals surface area (Å²) in [5, 5.41) is 0. The summed E-state index contributed by atoms with van der Waals surface area (Å²) >= 11 is 0. The minimum atomic E-state index is -0.104. The molecule has 1 aliphatic rings. The fourth-order valence-corrected chi connectivity index (χ4v) is 3.15. The Kier molecular flexibility index (Phi) is 5.25. The maximum absolute atomic E-state index is 6.10. The van der Waals surface area contributed by atoms with Crippen LogP contribution >= 0.6 is 0 Å². The molecule has 3 rings (SSSR count). The van der Waals surface area contributed by atoms with Crippen molar-refractivity contribution in [2.24, 2.45) is 0 Å². The maximum Gasteiger partial charge on any atom is 0.170 e. The largest absolute Gasteiger partial charge is 0.481 e. The van der Waals surface area contributed by atoms with Gasteiger partial charge in [0.2, 0.25) is 0 Å². The quantitative estimate of drug-likeness (QED) is 0.765. The molecule has 2 aromatic carbocycles. The minimum Gasteiger partial charge on any atom is -0.481 e. The molecule has 4 nitrogen and oxygen atoms in total. The van der Waals surface area contributed by atoms with Gasteiger partial charge in [0.15, 0.2) is 6.23 Å². The van der Waals surface area contributed by atoms with Crippen LogP contribution in [0, 0.1) is 24.7 Å². The molecule has 4 heteroatoms. The van der Waals surface area contributed by atoms with Crippen molar-refractivity contribution in [3.8, 4) is 41.9 Å². The zero-order valence-electron chi connectivity index (χ0n) is 14.9. The van der Waals surface area contributed by atoms with Crippen molar-refractivity contribution in [1.29, 1.82) is 0 Å². The fourth-order valence-electron chi connectivity index (χ4n) is 3.15. The summed E-state index contributed by atoms with van der Waals surface area (Å²) in [6, 6.07) is 13.7. The van der Waals surface area contributed by atoms with Gasteiger partial charge in [0.05, 0.1) is 6.04 Å². The standard InChI is InChI=1S/C22H21NO3/c1-5-13-24-19-9-7-18(8-10-19)23-16(3)21-15-20(25-14-6-2)11-12-22(21)26-17(23)4/h1-2,7-12,15-17H,13-14H2,3-4H3. The number of benzene rings is 2. The Balaban J connectivity index is 1.85. The van der Waals surface area contributed by atoms with Gasteiger partial charge in [-0.3, -0.25) is 0 Å². The van der Waals surface area contributed by atoms with E-state index < -0.39 is 0 Å². The molecule has 0 saturated carbocycles. The molecule has 0 spiro atoms. The first-order chi connectivity index (χ1) is 12.6. The van der Waals surface area contributed by atoms with Crippen LogP contribution in [0.4, 0.5) is 5.69 Å². The Hall–Kier alpha value is -3.24. The van der Waals surface area contributed by atoms with Crippen molar-refractivity contribution in [2.45, 2.75) is 26.1 Å². The van der Waals surface area contributed by atoms with E-state index in [4.69, 9.17) is 27.1 Å². The monoisotopic (exact) mass is 347 g/mol. The molecule has 0 fully saturated rings. The van der Waals surface area contributed by atoms with E-state index in [0.717, 1.165) is 28.5 Å². The first kappa shape index (κ1) is 17.6. The van der Waals surface area contributed by atoms with E-state index in [1.54, 1.807) is 0 Å². The third-order valence-electron chi connectivity index (χ3n) is 4.32. The highest BCUT2D eigenvalue weighted by atomic mass is 16.5. The lowest BCUT2D eigenvalue weighted by Crippen LogP contribution is -2.43. The van der Waals surface area contributed by atoms with E-state index in [2.05, 4.69) is 23.7 Å². The second-order valence-corrected chi connectivity index (χ2v) is 5.98. The van der Waals surface area contributed by atoms with Gasteiger partial charge in [0.25, 0.3) is 0 Å². The Morgan fingerprint density at radius 3 is 2.23 bits per heavy atom. The van der Waals surface area contributed by atoms with Crippen LogP contribution in [0.3, 0.4) is 0 Å². The zero-order valence-corrected chi connectivity index (χ0v) is 14.9. The molecule has 1 aliphatic heterocycles. The Bertz CT molecular complexity index is 845. The average Bonchev–Trinajstić information content (AvgIpc) is 2.66.